The number of nitrogen functional groups attached to an aromatic ring is 1. The van der Waals surface area contributed by atoms with Crippen molar-refractivity contribution >= 4 is 5.82 Å². The molecule has 1 atom stereocenters. The summed E-state index contributed by atoms with van der Waals surface area (Å²) in [6.07, 6.45) is 6.82. The zero-order valence-corrected chi connectivity index (χ0v) is 12.3. The molecular weight excluding hydrogens is 260 g/mol. The normalized spacial score (nSPS) is 19.5. The maximum absolute atomic E-state index is 5.91. The van der Waals surface area contributed by atoms with Crippen molar-refractivity contribution in [1.29, 1.82) is 0 Å². The summed E-state index contributed by atoms with van der Waals surface area (Å²) < 4.78 is 0. The SMILES string of the molecule is Nc1nccnc1C[C@@H]1CCCN(Cc2ccccc2)C1. The number of rotatable bonds is 4. The van der Waals surface area contributed by atoms with E-state index >= 15 is 0 Å². The smallest absolute Gasteiger partial charge is 0.145 e. The van der Waals surface area contributed by atoms with Crippen LogP contribution in [0.4, 0.5) is 5.82 Å². The van der Waals surface area contributed by atoms with E-state index in [1.165, 1.54) is 24.9 Å². The molecule has 0 unspecified atom stereocenters. The first kappa shape index (κ1) is 14.0. The van der Waals surface area contributed by atoms with Crippen molar-refractivity contribution in [3.63, 3.8) is 0 Å². The molecule has 0 spiro atoms. The zero-order chi connectivity index (χ0) is 14.5. The number of piperidine rings is 1. The van der Waals surface area contributed by atoms with Crippen LogP contribution in [-0.4, -0.2) is 28.0 Å². The van der Waals surface area contributed by atoms with Crippen molar-refractivity contribution in [3.8, 4) is 0 Å². The molecule has 0 saturated carbocycles. The fourth-order valence-electron chi connectivity index (χ4n) is 3.11. The third kappa shape index (κ3) is 3.79. The van der Waals surface area contributed by atoms with Gasteiger partial charge < -0.3 is 5.73 Å². The lowest BCUT2D eigenvalue weighted by Crippen LogP contribution is -2.35. The molecule has 0 bridgehead atoms. The van der Waals surface area contributed by atoms with E-state index in [2.05, 4.69) is 45.2 Å². The number of anilines is 1. The van der Waals surface area contributed by atoms with Gasteiger partial charge in [-0.25, -0.2) is 4.98 Å². The van der Waals surface area contributed by atoms with E-state index < -0.39 is 0 Å². The molecule has 110 valence electrons. The number of benzene rings is 1. The molecule has 1 saturated heterocycles. The van der Waals surface area contributed by atoms with Gasteiger partial charge in [0.05, 0.1) is 5.69 Å². The predicted octanol–water partition coefficient (Wildman–Crippen LogP) is 2.51. The molecule has 2 aromatic rings. The summed E-state index contributed by atoms with van der Waals surface area (Å²) in [5, 5.41) is 0. The van der Waals surface area contributed by atoms with Crippen LogP contribution in [0.5, 0.6) is 0 Å². The Balaban J connectivity index is 1.60. The van der Waals surface area contributed by atoms with E-state index in [-0.39, 0.29) is 0 Å². The second-order valence-corrected chi connectivity index (χ2v) is 5.82. The molecule has 1 aliphatic rings. The second kappa shape index (κ2) is 6.68. The number of aromatic nitrogens is 2. The molecule has 2 N–H and O–H groups in total. The van der Waals surface area contributed by atoms with Crippen LogP contribution in [0.2, 0.25) is 0 Å². The molecule has 21 heavy (non-hydrogen) atoms. The largest absolute Gasteiger partial charge is 0.382 e. The summed E-state index contributed by atoms with van der Waals surface area (Å²) in [5.41, 5.74) is 8.24. The fraction of sp³-hybridized carbons (Fsp3) is 0.412. The number of hydrogen-bond acceptors (Lipinski definition) is 4. The maximum atomic E-state index is 5.91. The monoisotopic (exact) mass is 282 g/mol. The maximum Gasteiger partial charge on any atom is 0.145 e. The first-order chi connectivity index (χ1) is 10.3. The van der Waals surface area contributed by atoms with Crippen LogP contribution in [0.3, 0.4) is 0 Å². The van der Waals surface area contributed by atoms with Gasteiger partial charge in [-0.05, 0) is 37.3 Å². The van der Waals surface area contributed by atoms with E-state index in [1.807, 2.05) is 0 Å². The van der Waals surface area contributed by atoms with Gasteiger partial charge in [-0.2, -0.15) is 0 Å². The van der Waals surface area contributed by atoms with Crippen LogP contribution in [0.25, 0.3) is 0 Å². The summed E-state index contributed by atoms with van der Waals surface area (Å²) in [6.45, 7) is 3.33. The Morgan fingerprint density at radius 2 is 1.95 bits per heavy atom. The van der Waals surface area contributed by atoms with Crippen molar-refractivity contribution in [2.45, 2.75) is 25.8 Å². The van der Waals surface area contributed by atoms with Crippen LogP contribution in [0.1, 0.15) is 24.1 Å². The topological polar surface area (TPSA) is 55.0 Å². The van der Waals surface area contributed by atoms with Gasteiger partial charge >= 0.3 is 0 Å². The summed E-state index contributed by atoms with van der Waals surface area (Å²) in [5.74, 6) is 1.21. The van der Waals surface area contributed by atoms with E-state index in [4.69, 9.17) is 5.73 Å². The van der Waals surface area contributed by atoms with Gasteiger partial charge in [-0.15, -0.1) is 0 Å². The lowest BCUT2D eigenvalue weighted by Gasteiger charge is -2.32. The minimum Gasteiger partial charge on any atom is -0.382 e. The molecule has 3 rings (SSSR count). The molecule has 0 amide bonds. The van der Waals surface area contributed by atoms with Crippen LogP contribution < -0.4 is 5.73 Å². The highest BCUT2D eigenvalue weighted by Gasteiger charge is 2.21. The zero-order valence-electron chi connectivity index (χ0n) is 12.3. The Morgan fingerprint density at radius 1 is 1.14 bits per heavy atom. The number of likely N-dealkylation sites (tertiary alicyclic amines) is 1. The van der Waals surface area contributed by atoms with Crippen LogP contribution >= 0.6 is 0 Å². The summed E-state index contributed by atoms with van der Waals surface area (Å²) >= 11 is 0. The lowest BCUT2D eigenvalue weighted by molar-refractivity contribution is 0.166. The molecule has 2 heterocycles. The minimum atomic E-state index is 0.581. The van der Waals surface area contributed by atoms with Gasteiger partial charge in [0.2, 0.25) is 0 Å². The molecule has 0 aliphatic carbocycles. The Labute approximate surface area is 126 Å². The second-order valence-electron chi connectivity index (χ2n) is 5.82. The van der Waals surface area contributed by atoms with Crippen molar-refractivity contribution in [3.05, 3.63) is 54.0 Å². The van der Waals surface area contributed by atoms with Gasteiger partial charge in [0, 0.05) is 25.5 Å². The first-order valence-corrected chi connectivity index (χ1v) is 7.63. The molecule has 1 aromatic carbocycles. The van der Waals surface area contributed by atoms with Crippen LogP contribution in [-0.2, 0) is 13.0 Å². The number of hydrogen-bond donors (Lipinski definition) is 1. The lowest BCUT2D eigenvalue weighted by atomic mass is 9.93. The highest BCUT2D eigenvalue weighted by molar-refractivity contribution is 5.33. The molecule has 1 fully saturated rings. The van der Waals surface area contributed by atoms with Gasteiger partial charge in [-0.3, -0.25) is 9.88 Å². The first-order valence-electron chi connectivity index (χ1n) is 7.63. The average molecular weight is 282 g/mol. The molecular formula is C17H22N4. The number of nitrogens with zero attached hydrogens (tertiary/aromatic N) is 3. The van der Waals surface area contributed by atoms with Gasteiger partial charge in [0.15, 0.2) is 0 Å². The fourth-order valence-corrected chi connectivity index (χ4v) is 3.11. The third-order valence-electron chi connectivity index (χ3n) is 4.14. The standard InChI is InChI=1S/C17H22N4/c18-17-16(19-8-9-20-17)11-15-7-4-10-21(13-15)12-14-5-2-1-3-6-14/h1-3,5-6,8-9,15H,4,7,10-13H2,(H2,18,20)/t15-/m0/s1. The molecule has 4 nitrogen and oxygen atoms in total. The van der Waals surface area contributed by atoms with Crippen molar-refractivity contribution < 1.29 is 0 Å². The van der Waals surface area contributed by atoms with Crippen LogP contribution in [0, 0.1) is 5.92 Å². The molecule has 0 radical (unpaired) electrons. The van der Waals surface area contributed by atoms with E-state index in [1.54, 1.807) is 12.4 Å². The quantitative estimate of drug-likeness (QED) is 0.936. The molecule has 1 aromatic heterocycles. The summed E-state index contributed by atoms with van der Waals surface area (Å²) in [4.78, 5) is 11.0. The van der Waals surface area contributed by atoms with Gasteiger partial charge in [0.1, 0.15) is 5.82 Å². The molecule has 4 heteroatoms. The van der Waals surface area contributed by atoms with Gasteiger partial charge in [-0.1, -0.05) is 30.3 Å². The minimum absolute atomic E-state index is 0.581. The average Bonchev–Trinajstić information content (AvgIpc) is 2.51. The third-order valence-corrected chi connectivity index (χ3v) is 4.14. The highest BCUT2D eigenvalue weighted by Crippen LogP contribution is 2.22. The van der Waals surface area contributed by atoms with E-state index in [0.29, 0.717) is 11.7 Å². The predicted molar refractivity (Wildman–Crippen MR) is 84.6 cm³/mol. The Morgan fingerprint density at radius 3 is 2.76 bits per heavy atom. The number of nitrogens with two attached hydrogens (primary N) is 1. The van der Waals surface area contributed by atoms with Crippen molar-refractivity contribution in [2.75, 3.05) is 18.8 Å². The Bertz CT molecular complexity index is 570. The Hall–Kier alpha value is -1.94. The van der Waals surface area contributed by atoms with Crippen LogP contribution in [0.15, 0.2) is 42.7 Å². The van der Waals surface area contributed by atoms with Gasteiger partial charge in [0.25, 0.3) is 0 Å². The highest BCUT2D eigenvalue weighted by atomic mass is 15.1. The van der Waals surface area contributed by atoms with E-state index in [9.17, 15) is 0 Å². The Kier molecular flexibility index (Phi) is 4.46. The summed E-state index contributed by atoms with van der Waals surface area (Å²) in [7, 11) is 0. The summed E-state index contributed by atoms with van der Waals surface area (Å²) in [6, 6.07) is 10.7. The van der Waals surface area contributed by atoms with Crippen molar-refractivity contribution in [2.24, 2.45) is 5.92 Å². The van der Waals surface area contributed by atoms with E-state index in [0.717, 1.165) is 25.2 Å². The van der Waals surface area contributed by atoms with Crippen molar-refractivity contribution in [1.82, 2.24) is 14.9 Å². The molecule has 1 aliphatic heterocycles.